The Morgan fingerprint density at radius 3 is 1.71 bits per heavy atom. The molecule has 0 saturated carbocycles. The van der Waals surface area contributed by atoms with Crippen molar-refractivity contribution in [3.05, 3.63) is 0 Å². The zero-order valence-electron chi connectivity index (χ0n) is 19.1. The van der Waals surface area contributed by atoms with E-state index in [2.05, 4.69) is 16.0 Å². The van der Waals surface area contributed by atoms with Crippen LogP contribution in [0.15, 0.2) is 0 Å². The fraction of sp³-hybridized carbons (Fsp3) is 0.800. The van der Waals surface area contributed by atoms with Crippen LogP contribution in [-0.4, -0.2) is 75.4 Å². The van der Waals surface area contributed by atoms with E-state index in [1.54, 1.807) is 13.8 Å². The van der Waals surface area contributed by atoms with Crippen molar-refractivity contribution in [1.29, 1.82) is 0 Å². The first-order valence-corrected chi connectivity index (χ1v) is 10.5. The van der Waals surface area contributed by atoms with Crippen LogP contribution in [0.2, 0.25) is 0 Å². The fourth-order valence-corrected chi connectivity index (χ4v) is 2.78. The summed E-state index contributed by atoms with van der Waals surface area (Å²) in [5, 5.41) is 36.0. The highest BCUT2D eigenvalue weighted by atomic mass is 16.4. The van der Waals surface area contributed by atoms with Gasteiger partial charge in [0, 0.05) is 0 Å². The average molecular weight is 447 g/mol. The molecular weight excluding hydrogens is 408 g/mol. The highest BCUT2D eigenvalue weighted by Gasteiger charge is 2.34. The van der Waals surface area contributed by atoms with E-state index in [1.807, 2.05) is 13.8 Å². The number of rotatable bonds is 13. The molecule has 0 saturated heterocycles. The molecule has 3 amide bonds. The predicted octanol–water partition coefficient (Wildman–Crippen LogP) is -1.29. The van der Waals surface area contributed by atoms with Crippen LogP contribution in [0.3, 0.4) is 0 Å². The Labute approximate surface area is 183 Å². The van der Waals surface area contributed by atoms with Gasteiger partial charge in [-0.3, -0.25) is 14.4 Å². The standard InChI is InChI=1S/C20H38N4O7/c1-7-10(4)15(20(30)31)23-17(27)13(8-9(2)3)22-19(29)16(12(6)26)24-18(28)14(21)11(5)25/h9-16,25-26H,7-8,21H2,1-6H3,(H,22,29)(H,23,27)(H,24,28)(H,30,31). The molecule has 0 aromatic carbocycles. The fourth-order valence-electron chi connectivity index (χ4n) is 2.78. The van der Waals surface area contributed by atoms with Crippen molar-refractivity contribution in [1.82, 2.24) is 16.0 Å². The summed E-state index contributed by atoms with van der Waals surface area (Å²) >= 11 is 0. The molecule has 0 aliphatic carbocycles. The maximum absolute atomic E-state index is 12.8. The number of aliphatic hydroxyl groups is 2. The van der Waals surface area contributed by atoms with Gasteiger partial charge in [-0.25, -0.2) is 4.79 Å². The molecule has 0 fully saturated rings. The van der Waals surface area contributed by atoms with E-state index in [-0.39, 0.29) is 18.3 Å². The summed E-state index contributed by atoms with van der Waals surface area (Å²) in [6.45, 7) is 9.73. The highest BCUT2D eigenvalue weighted by Crippen LogP contribution is 2.11. The number of amides is 3. The first-order chi connectivity index (χ1) is 14.2. The molecule has 0 rings (SSSR count). The third-order valence-electron chi connectivity index (χ3n) is 5.00. The smallest absolute Gasteiger partial charge is 0.326 e. The number of aliphatic hydroxyl groups excluding tert-OH is 2. The minimum absolute atomic E-state index is 0.0221. The number of carboxylic acid groups (broad SMARTS) is 1. The minimum atomic E-state index is -1.43. The lowest BCUT2D eigenvalue weighted by atomic mass is 9.97. The number of carbonyl (C=O) groups excluding carboxylic acids is 3. The molecule has 0 aliphatic heterocycles. The number of nitrogens with one attached hydrogen (secondary N) is 3. The van der Waals surface area contributed by atoms with E-state index in [0.717, 1.165) is 0 Å². The van der Waals surface area contributed by atoms with E-state index in [4.69, 9.17) is 5.73 Å². The van der Waals surface area contributed by atoms with Crippen LogP contribution in [0.5, 0.6) is 0 Å². The molecule has 0 bridgehead atoms. The number of hydrogen-bond acceptors (Lipinski definition) is 7. The third kappa shape index (κ3) is 9.62. The molecule has 180 valence electrons. The van der Waals surface area contributed by atoms with Crippen LogP contribution in [0.4, 0.5) is 0 Å². The normalized spacial score (nSPS) is 18.1. The largest absolute Gasteiger partial charge is 0.480 e. The van der Waals surface area contributed by atoms with Gasteiger partial charge >= 0.3 is 5.97 Å². The third-order valence-corrected chi connectivity index (χ3v) is 5.00. The Kier molecular flexibility index (Phi) is 12.3. The van der Waals surface area contributed by atoms with Crippen LogP contribution in [-0.2, 0) is 19.2 Å². The summed E-state index contributed by atoms with van der Waals surface area (Å²) < 4.78 is 0. The van der Waals surface area contributed by atoms with Crippen molar-refractivity contribution in [2.45, 2.75) is 90.8 Å². The molecule has 0 heterocycles. The quantitative estimate of drug-likeness (QED) is 0.182. The molecule has 7 unspecified atom stereocenters. The van der Waals surface area contributed by atoms with Gasteiger partial charge in [-0.05, 0) is 32.1 Å². The lowest BCUT2D eigenvalue weighted by Crippen LogP contribution is -2.61. The van der Waals surface area contributed by atoms with Gasteiger partial charge in [-0.1, -0.05) is 34.1 Å². The molecule has 11 heteroatoms. The van der Waals surface area contributed by atoms with Gasteiger partial charge in [0.25, 0.3) is 0 Å². The van der Waals surface area contributed by atoms with Gasteiger partial charge in [-0.15, -0.1) is 0 Å². The van der Waals surface area contributed by atoms with Gasteiger partial charge in [0.2, 0.25) is 17.7 Å². The van der Waals surface area contributed by atoms with Crippen molar-refractivity contribution in [3.63, 3.8) is 0 Å². The Morgan fingerprint density at radius 2 is 1.32 bits per heavy atom. The topological polar surface area (TPSA) is 191 Å². The Bertz CT molecular complexity index is 625. The number of hydrogen-bond donors (Lipinski definition) is 7. The van der Waals surface area contributed by atoms with Gasteiger partial charge in [0.05, 0.1) is 12.2 Å². The van der Waals surface area contributed by atoms with Gasteiger partial charge < -0.3 is 37.0 Å². The second-order valence-electron chi connectivity index (χ2n) is 8.39. The highest BCUT2D eigenvalue weighted by molar-refractivity contribution is 5.94. The van der Waals surface area contributed by atoms with Crippen molar-refractivity contribution in [2.75, 3.05) is 0 Å². The lowest BCUT2D eigenvalue weighted by Gasteiger charge is -2.28. The summed E-state index contributed by atoms with van der Waals surface area (Å²) in [5.74, 6) is -3.89. The minimum Gasteiger partial charge on any atom is -0.480 e. The van der Waals surface area contributed by atoms with Crippen molar-refractivity contribution in [2.24, 2.45) is 17.6 Å². The summed E-state index contributed by atoms with van der Waals surface area (Å²) in [7, 11) is 0. The van der Waals surface area contributed by atoms with Crippen LogP contribution in [0, 0.1) is 11.8 Å². The van der Waals surface area contributed by atoms with Crippen LogP contribution in [0.25, 0.3) is 0 Å². The maximum atomic E-state index is 12.8. The number of carbonyl (C=O) groups is 4. The van der Waals surface area contributed by atoms with E-state index in [1.165, 1.54) is 13.8 Å². The predicted molar refractivity (Wildman–Crippen MR) is 114 cm³/mol. The molecule has 0 aliphatic rings. The molecule has 0 aromatic rings. The van der Waals surface area contributed by atoms with Gasteiger partial charge in [0.1, 0.15) is 24.2 Å². The van der Waals surface area contributed by atoms with Crippen molar-refractivity contribution >= 4 is 23.7 Å². The van der Waals surface area contributed by atoms with Crippen LogP contribution in [0.1, 0.15) is 54.4 Å². The van der Waals surface area contributed by atoms with E-state index >= 15 is 0 Å². The lowest BCUT2D eigenvalue weighted by molar-refractivity contribution is -0.144. The average Bonchev–Trinajstić information content (AvgIpc) is 2.66. The molecule has 0 spiro atoms. The van der Waals surface area contributed by atoms with E-state index in [9.17, 15) is 34.5 Å². The first kappa shape index (κ1) is 28.8. The molecule has 0 radical (unpaired) electrons. The molecule has 8 N–H and O–H groups in total. The Morgan fingerprint density at radius 1 is 0.806 bits per heavy atom. The van der Waals surface area contributed by atoms with Crippen molar-refractivity contribution < 1.29 is 34.5 Å². The second-order valence-corrected chi connectivity index (χ2v) is 8.39. The molecule has 11 nitrogen and oxygen atoms in total. The SMILES string of the molecule is CCC(C)C(NC(=O)C(CC(C)C)NC(=O)C(NC(=O)C(N)C(C)O)C(C)O)C(=O)O. The monoisotopic (exact) mass is 446 g/mol. The summed E-state index contributed by atoms with van der Waals surface area (Å²) in [6, 6.07) is -4.94. The second kappa shape index (κ2) is 13.2. The summed E-state index contributed by atoms with van der Waals surface area (Å²) in [6.07, 6.45) is -1.76. The number of aliphatic carboxylic acids is 1. The molecule has 0 aromatic heterocycles. The Hall–Kier alpha value is -2.24. The van der Waals surface area contributed by atoms with E-state index < -0.39 is 60.1 Å². The summed E-state index contributed by atoms with van der Waals surface area (Å²) in [4.78, 5) is 49.1. The number of carboxylic acids is 1. The summed E-state index contributed by atoms with van der Waals surface area (Å²) in [5.41, 5.74) is 5.55. The van der Waals surface area contributed by atoms with Crippen molar-refractivity contribution in [3.8, 4) is 0 Å². The van der Waals surface area contributed by atoms with Gasteiger partial charge in [-0.2, -0.15) is 0 Å². The molecule has 7 atom stereocenters. The van der Waals surface area contributed by atoms with Crippen LogP contribution >= 0.6 is 0 Å². The molecule has 31 heavy (non-hydrogen) atoms. The van der Waals surface area contributed by atoms with Gasteiger partial charge in [0.15, 0.2) is 0 Å². The molecular formula is C20H38N4O7. The van der Waals surface area contributed by atoms with Crippen LogP contribution < -0.4 is 21.7 Å². The van der Waals surface area contributed by atoms with E-state index in [0.29, 0.717) is 6.42 Å². The number of nitrogens with two attached hydrogens (primary N) is 1. The maximum Gasteiger partial charge on any atom is 0.326 e. The zero-order chi connectivity index (χ0) is 24.5. The first-order valence-electron chi connectivity index (χ1n) is 10.5. The Balaban J connectivity index is 5.50. The zero-order valence-corrected chi connectivity index (χ0v) is 19.1.